The van der Waals surface area contributed by atoms with Crippen LogP contribution in [0.2, 0.25) is 15.1 Å². The molecule has 0 bridgehead atoms. The SMILES string of the molecule is CC[C@@H](C(=O)NC)N(Cc1c(Cl)cccc1Cl)C(=O)CN(c1cccc(Cl)c1C)S(=O)(=O)c1ccccc1. The summed E-state index contributed by atoms with van der Waals surface area (Å²) in [5.74, 6) is -1.02. The Labute approximate surface area is 238 Å². The van der Waals surface area contributed by atoms with Crippen LogP contribution < -0.4 is 9.62 Å². The van der Waals surface area contributed by atoms with E-state index in [4.69, 9.17) is 34.8 Å². The number of hydrogen-bond acceptors (Lipinski definition) is 4. The van der Waals surface area contributed by atoms with Gasteiger partial charge in [0.1, 0.15) is 12.6 Å². The van der Waals surface area contributed by atoms with Crippen molar-refractivity contribution in [2.45, 2.75) is 37.8 Å². The molecule has 0 heterocycles. The lowest BCUT2D eigenvalue weighted by Gasteiger charge is -2.33. The van der Waals surface area contributed by atoms with E-state index in [0.717, 1.165) is 4.31 Å². The van der Waals surface area contributed by atoms with Gasteiger partial charge >= 0.3 is 0 Å². The minimum Gasteiger partial charge on any atom is -0.357 e. The average molecular weight is 597 g/mol. The van der Waals surface area contributed by atoms with Crippen LogP contribution in [0.1, 0.15) is 24.5 Å². The number of likely N-dealkylation sites (N-methyl/N-ethyl adjacent to an activating group) is 1. The molecule has 0 saturated carbocycles. The minimum atomic E-state index is -4.19. The average Bonchev–Trinajstić information content (AvgIpc) is 2.90. The Bertz CT molecular complexity index is 1400. The van der Waals surface area contributed by atoms with E-state index in [9.17, 15) is 18.0 Å². The number of sulfonamides is 1. The van der Waals surface area contributed by atoms with E-state index in [-0.39, 0.29) is 23.5 Å². The van der Waals surface area contributed by atoms with Crippen molar-refractivity contribution in [2.75, 3.05) is 17.9 Å². The predicted octanol–water partition coefficient (Wildman–Crippen LogP) is 5.70. The highest BCUT2D eigenvalue weighted by atomic mass is 35.5. The first kappa shape index (κ1) is 29.8. The van der Waals surface area contributed by atoms with Crippen LogP contribution in [0, 0.1) is 6.92 Å². The van der Waals surface area contributed by atoms with Crippen molar-refractivity contribution < 1.29 is 18.0 Å². The number of nitrogens with zero attached hydrogens (tertiary/aromatic N) is 2. The molecular formula is C27H28Cl3N3O4S. The molecule has 0 radical (unpaired) electrons. The third kappa shape index (κ3) is 6.43. The van der Waals surface area contributed by atoms with E-state index >= 15 is 0 Å². The van der Waals surface area contributed by atoms with Crippen LogP contribution in [-0.2, 0) is 26.2 Å². The molecular weight excluding hydrogens is 569 g/mol. The van der Waals surface area contributed by atoms with E-state index in [2.05, 4.69) is 5.32 Å². The quantitative estimate of drug-likeness (QED) is 0.325. The van der Waals surface area contributed by atoms with Crippen LogP contribution >= 0.6 is 34.8 Å². The van der Waals surface area contributed by atoms with Crippen LogP contribution in [0.15, 0.2) is 71.6 Å². The monoisotopic (exact) mass is 595 g/mol. The summed E-state index contributed by atoms with van der Waals surface area (Å²) in [4.78, 5) is 28.1. The van der Waals surface area contributed by atoms with Gasteiger partial charge < -0.3 is 10.2 Å². The van der Waals surface area contributed by atoms with Gasteiger partial charge in [0.05, 0.1) is 10.6 Å². The van der Waals surface area contributed by atoms with Crippen molar-refractivity contribution >= 4 is 62.3 Å². The van der Waals surface area contributed by atoms with Crippen molar-refractivity contribution in [1.29, 1.82) is 0 Å². The summed E-state index contributed by atoms with van der Waals surface area (Å²) in [6, 6.07) is 16.7. The highest BCUT2D eigenvalue weighted by Gasteiger charge is 2.34. The second-order valence-corrected chi connectivity index (χ2v) is 11.6. The van der Waals surface area contributed by atoms with Gasteiger partial charge in [-0.3, -0.25) is 13.9 Å². The third-order valence-electron chi connectivity index (χ3n) is 6.14. The molecule has 0 aliphatic carbocycles. The first-order valence-electron chi connectivity index (χ1n) is 11.8. The Kier molecular flexibility index (Phi) is 10.1. The van der Waals surface area contributed by atoms with Gasteiger partial charge in [0.2, 0.25) is 11.8 Å². The van der Waals surface area contributed by atoms with Gasteiger partial charge in [-0.05, 0) is 55.3 Å². The Morgan fingerprint density at radius 2 is 1.47 bits per heavy atom. The lowest BCUT2D eigenvalue weighted by molar-refractivity contribution is -0.140. The molecule has 0 aliphatic heterocycles. The second-order valence-electron chi connectivity index (χ2n) is 8.47. The number of benzene rings is 3. The standard InChI is InChI=1S/C27H28Cl3N3O4S/c1-4-24(27(35)31-3)32(16-20-22(29)13-8-14-23(20)30)26(34)17-33(25-15-9-12-21(28)18(25)2)38(36,37)19-10-6-5-7-11-19/h5-15,24H,4,16-17H2,1-3H3,(H,31,35)/t24-/m0/s1. The molecule has 38 heavy (non-hydrogen) atoms. The zero-order valence-electron chi connectivity index (χ0n) is 21.1. The molecule has 0 aliphatic rings. The second kappa shape index (κ2) is 12.8. The Balaban J connectivity index is 2.13. The predicted molar refractivity (Wildman–Crippen MR) is 152 cm³/mol. The van der Waals surface area contributed by atoms with Crippen molar-refractivity contribution in [2.24, 2.45) is 0 Å². The highest BCUT2D eigenvalue weighted by molar-refractivity contribution is 7.92. The summed E-state index contributed by atoms with van der Waals surface area (Å²) in [7, 11) is -2.73. The third-order valence-corrected chi connectivity index (χ3v) is 9.03. The van der Waals surface area contributed by atoms with Crippen molar-refractivity contribution in [3.63, 3.8) is 0 Å². The molecule has 0 saturated heterocycles. The maximum Gasteiger partial charge on any atom is 0.264 e. The van der Waals surface area contributed by atoms with Gasteiger partial charge in [0.15, 0.2) is 0 Å². The summed E-state index contributed by atoms with van der Waals surface area (Å²) < 4.78 is 28.7. The number of rotatable bonds is 10. The molecule has 1 N–H and O–H groups in total. The molecule has 7 nitrogen and oxygen atoms in total. The molecule has 0 spiro atoms. The lowest BCUT2D eigenvalue weighted by atomic mass is 10.1. The summed E-state index contributed by atoms with van der Waals surface area (Å²) >= 11 is 19.1. The fourth-order valence-electron chi connectivity index (χ4n) is 4.04. The number of anilines is 1. The fourth-order valence-corrected chi connectivity index (χ4v) is 6.22. The Morgan fingerprint density at radius 1 is 0.895 bits per heavy atom. The Morgan fingerprint density at radius 3 is 2.05 bits per heavy atom. The molecule has 3 rings (SSSR count). The van der Waals surface area contributed by atoms with Crippen LogP contribution in [0.5, 0.6) is 0 Å². The van der Waals surface area contributed by atoms with Crippen molar-refractivity contribution in [3.8, 4) is 0 Å². The van der Waals surface area contributed by atoms with Crippen LogP contribution in [0.4, 0.5) is 5.69 Å². The minimum absolute atomic E-state index is 0.00576. The molecule has 0 fully saturated rings. The topological polar surface area (TPSA) is 86.8 Å². The fraction of sp³-hybridized carbons (Fsp3) is 0.259. The van der Waals surface area contributed by atoms with Gasteiger partial charge in [-0.2, -0.15) is 0 Å². The maximum absolute atomic E-state index is 14.0. The van der Waals surface area contributed by atoms with Crippen molar-refractivity contribution in [3.05, 3.63) is 92.9 Å². The molecule has 202 valence electrons. The largest absolute Gasteiger partial charge is 0.357 e. The molecule has 1 atom stereocenters. The van der Waals surface area contributed by atoms with Gasteiger partial charge in [-0.25, -0.2) is 8.42 Å². The summed E-state index contributed by atoms with van der Waals surface area (Å²) in [6.07, 6.45) is 0.273. The lowest BCUT2D eigenvalue weighted by Crippen LogP contribution is -2.52. The zero-order chi connectivity index (χ0) is 28.0. The first-order chi connectivity index (χ1) is 18.0. The highest BCUT2D eigenvalue weighted by Crippen LogP contribution is 2.32. The summed E-state index contributed by atoms with van der Waals surface area (Å²) in [5, 5.41) is 3.56. The number of amides is 2. The van der Waals surface area contributed by atoms with Crippen molar-refractivity contribution in [1.82, 2.24) is 10.2 Å². The first-order valence-corrected chi connectivity index (χ1v) is 14.4. The van der Waals surface area contributed by atoms with Gasteiger partial charge in [0.25, 0.3) is 10.0 Å². The van der Waals surface area contributed by atoms with E-state index in [0.29, 0.717) is 26.2 Å². The zero-order valence-corrected chi connectivity index (χ0v) is 24.2. The molecule has 3 aromatic rings. The van der Waals surface area contributed by atoms with Gasteiger partial charge in [0, 0.05) is 34.2 Å². The molecule has 3 aromatic carbocycles. The normalized spacial score (nSPS) is 12.1. The van der Waals surface area contributed by atoms with Gasteiger partial charge in [-0.1, -0.05) is 72.1 Å². The smallest absolute Gasteiger partial charge is 0.264 e. The number of hydrogen-bond donors (Lipinski definition) is 1. The Hall–Kier alpha value is -2.78. The van der Waals surface area contributed by atoms with E-state index < -0.39 is 34.4 Å². The number of nitrogens with one attached hydrogen (secondary N) is 1. The van der Waals surface area contributed by atoms with Crippen LogP contribution in [-0.4, -0.2) is 44.8 Å². The van der Waals surface area contributed by atoms with Crippen LogP contribution in [0.25, 0.3) is 0 Å². The molecule has 2 amide bonds. The number of halogens is 3. The number of carbonyl (C=O) groups is 2. The molecule has 0 unspecified atom stereocenters. The van der Waals surface area contributed by atoms with E-state index in [1.54, 1.807) is 68.4 Å². The number of carbonyl (C=O) groups excluding carboxylic acids is 2. The van der Waals surface area contributed by atoms with E-state index in [1.165, 1.54) is 24.1 Å². The summed E-state index contributed by atoms with van der Waals surface area (Å²) in [6.45, 7) is 2.75. The molecule has 0 aromatic heterocycles. The maximum atomic E-state index is 14.0. The van der Waals surface area contributed by atoms with Crippen LogP contribution in [0.3, 0.4) is 0 Å². The van der Waals surface area contributed by atoms with E-state index in [1.807, 2.05) is 0 Å². The van der Waals surface area contributed by atoms with Gasteiger partial charge in [-0.15, -0.1) is 0 Å². The summed E-state index contributed by atoms with van der Waals surface area (Å²) in [5.41, 5.74) is 1.18. The molecule has 11 heteroatoms.